The maximum absolute atomic E-state index is 11.9. The van der Waals surface area contributed by atoms with Crippen LogP contribution in [0.25, 0.3) is 10.4 Å². The summed E-state index contributed by atoms with van der Waals surface area (Å²) in [4.78, 5) is 33.1. The molecule has 1 aromatic heterocycles. The summed E-state index contributed by atoms with van der Waals surface area (Å²) in [6, 6.07) is -1.05. The highest BCUT2D eigenvalue weighted by Crippen LogP contribution is 2.15. The summed E-state index contributed by atoms with van der Waals surface area (Å²) in [5, 5.41) is 15.2. The summed E-state index contributed by atoms with van der Waals surface area (Å²) in [5.41, 5.74) is 8.54. The van der Waals surface area contributed by atoms with Crippen molar-refractivity contribution in [3.63, 3.8) is 0 Å². The molecule has 0 saturated carbocycles. The Bertz CT molecular complexity index is 537. The summed E-state index contributed by atoms with van der Waals surface area (Å²) in [6.07, 6.45) is 2.28. The summed E-state index contributed by atoms with van der Waals surface area (Å²) in [6.45, 7) is 0.332. The molecule has 0 aliphatic carbocycles. The second-order valence-electron chi connectivity index (χ2n) is 4.31. The molecule has 2 unspecified atom stereocenters. The molecule has 2 atom stereocenters. The zero-order valence-corrected chi connectivity index (χ0v) is 10.4. The zero-order valence-electron chi connectivity index (χ0n) is 10.4. The summed E-state index contributed by atoms with van der Waals surface area (Å²) >= 11 is 0. The van der Waals surface area contributed by atoms with Crippen LogP contribution in [0.15, 0.2) is 17.5 Å². The normalized spacial score (nSPS) is 21.9. The average molecular weight is 279 g/mol. The lowest BCUT2D eigenvalue weighted by molar-refractivity contribution is 0.0881. The molecule has 3 N–H and O–H groups in total. The average Bonchev–Trinajstić information content (AvgIpc) is 2.94. The number of hydrogen-bond donors (Lipinski definition) is 3. The van der Waals surface area contributed by atoms with Gasteiger partial charge in [0.25, 0.3) is 5.91 Å². The van der Waals surface area contributed by atoms with E-state index in [2.05, 4.69) is 25.3 Å². The van der Waals surface area contributed by atoms with Gasteiger partial charge in [-0.1, -0.05) is 5.11 Å². The molecule has 0 spiro atoms. The van der Waals surface area contributed by atoms with Crippen LogP contribution < -0.4 is 5.32 Å². The monoisotopic (exact) mass is 279 g/mol. The molecule has 1 aromatic rings. The van der Waals surface area contributed by atoms with E-state index in [1.807, 2.05) is 0 Å². The number of carboxylic acid groups (broad SMARTS) is 1. The molecule has 10 heteroatoms. The summed E-state index contributed by atoms with van der Waals surface area (Å²) in [5.74, 6) is -0.257. The van der Waals surface area contributed by atoms with Crippen molar-refractivity contribution in [2.45, 2.75) is 18.5 Å². The van der Waals surface area contributed by atoms with E-state index in [1.165, 1.54) is 12.4 Å². The Kier molecular flexibility index (Phi) is 4.06. The lowest BCUT2D eigenvalue weighted by Crippen LogP contribution is -2.54. The lowest BCUT2D eigenvalue weighted by Gasteiger charge is -2.35. The molecule has 0 radical (unpaired) electrons. The van der Waals surface area contributed by atoms with Crippen LogP contribution in [0.5, 0.6) is 0 Å². The minimum atomic E-state index is -1.07. The fraction of sp³-hybridized carbons (Fsp3) is 0.500. The first-order chi connectivity index (χ1) is 9.61. The van der Waals surface area contributed by atoms with Crippen molar-refractivity contribution in [2.24, 2.45) is 5.11 Å². The Morgan fingerprint density at radius 2 is 2.45 bits per heavy atom. The minimum absolute atomic E-state index is 0.0580. The molecular weight excluding hydrogens is 266 g/mol. The molecule has 2 rings (SSSR count). The van der Waals surface area contributed by atoms with Crippen molar-refractivity contribution in [3.8, 4) is 0 Å². The van der Waals surface area contributed by atoms with Gasteiger partial charge in [0.2, 0.25) is 0 Å². The van der Waals surface area contributed by atoms with Gasteiger partial charge in [-0.3, -0.25) is 4.79 Å². The van der Waals surface area contributed by atoms with Gasteiger partial charge in [-0.05, 0) is 12.0 Å². The van der Waals surface area contributed by atoms with Crippen LogP contribution in [-0.4, -0.2) is 57.1 Å². The Balaban J connectivity index is 2.04. The van der Waals surface area contributed by atoms with Crippen molar-refractivity contribution in [2.75, 3.05) is 13.1 Å². The van der Waals surface area contributed by atoms with E-state index in [-0.39, 0.29) is 18.9 Å². The molecule has 10 nitrogen and oxygen atoms in total. The third kappa shape index (κ3) is 2.98. The smallest absolute Gasteiger partial charge is 0.407 e. The van der Waals surface area contributed by atoms with E-state index < -0.39 is 24.1 Å². The quantitative estimate of drug-likeness (QED) is 0.421. The van der Waals surface area contributed by atoms with Crippen LogP contribution in [0, 0.1) is 0 Å². The first kappa shape index (κ1) is 13.7. The number of piperidine rings is 1. The highest BCUT2D eigenvalue weighted by molar-refractivity contribution is 5.90. The van der Waals surface area contributed by atoms with Crippen LogP contribution in [0.4, 0.5) is 4.79 Å². The van der Waals surface area contributed by atoms with E-state index in [0.29, 0.717) is 6.42 Å². The maximum atomic E-state index is 11.9. The Labute approximate surface area is 113 Å². The Morgan fingerprint density at radius 3 is 3.05 bits per heavy atom. The fourth-order valence-corrected chi connectivity index (χ4v) is 2.08. The Morgan fingerprint density at radius 1 is 1.65 bits per heavy atom. The van der Waals surface area contributed by atoms with Gasteiger partial charge in [-0.15, -0.1) is 0 Å². The number of likely N-dealkylation sites (tertiary alicyclic amines) is 1. The number of aromatic amines is 1. The molecule has 2 heterocycles. The fourth-order valence-electron chi connectivity index (χ4n) is 2.08. The first-order valence-electron chi connectivity index (χ1n) is 5.94. The Hall–Kier alpha value is -2.74. The highest BCUT2D eigenvalue weighted by atomic mass is 16.4. The van der Waals surface area contributed by atoms with E-state index in [4.69, 9.17) is 10.6 Å². The number of carbonyl (C=O) groups excluding carboxylic acids is 1. The molecule has 0 bridgehead atoms. The number of carbonyl (C=O) groups is 2. The number of aromatic nitrogens is 2. The lowest BCUT2D eigenvalue weighted by atomic mass is 10.00. The second-order valence-corrected chi connectivity index (χ2v) is 4.31. The van der Waals surface area contributed by atoms with Gasteiger partial charge in [0.1, 0.15) is 0 Å². The largest absolute Gasteiger partial charge is 0.465 e. The number of hydrogen-bond acceptors (Lipinski definition) is 4. The second kappa shape index (κ2) is 5.93. The molecule has 106 valence electrons. The standard InChI is InChI=1S/C10H13N7O3/c11-16-15-7-5-17(10(19)20)4-1-6(7)14-9(18)8-12-2-3-13-8/h2-3,6-7H,1,4-5H2,(H,12,13)(H,14,18)(H,19,20). The molecule has 1 fully saturated rings. The van der Waals surface area contributed by atoms with Crippen molar-refractivity contribution in [1.29, 1.82) is 0 Å². The van der Waals surface area contributed by atoms with Gasteiger partial charge in [0.15, 0.2) is 5.82 Å². The number of H-pyrrole nitrogens is 1. The van der Waals surface area contributed by atoms with Gasteiger partial charge in [-0.25, -0.2) is 9.78 Å². The number of imidazole rings is 1. The zero-order chi connectivity index (χ0) is 14.5. The van der Waals surface area contributed by atoms with Crippen molar-refractivity contribution >= 4 is 12.0 Å². The van der Waals surface area contributed by atoms with Crippen LogP contribution in [0.1, 0.15) is 17.0 Å². The van der Waals surface area contributed by atoms with E-state index >= 15 is 0 Å². The van der Waals surface area contributed by atoms with Gasteiger partial charge >= 0.3 is 6.09 Å². The molecule has 1 saturated heterocycles. The predicted octanol–water partition coefficient (Wildman–Crippen LogP) is 0.571. The van der Waals surface area contributed by atoms with Crippen LogP contribution in [-0.2, 0) is 0 Å². The van der Waals surface area contributed by atoms with Crippen LogP contribution >= 0.6 is 0 Å². The SMILES string of the molecule is [N-]=[N+]=NC1CN(C(=O)O)CCC1NC(=O)c1ncc[nH]1. The molecule has 2 amide bonds. The molecule has 1 aliphatic rings. The van der Waals surface area contributed by atoms with Gasteiger partial charge < -0.3 is 20.3 Å². The van der Waals surface area contributed by atoms with Crippen LogP contribution in [0.2, 0.25) is 0 Å². The number of amides is 2. The summed E-state index contributed by atoms with van der Waals surface area (Å²) < 4.78 is 0. The topological polar surface area (TPSA) is 147 Å². The predicted molar refractivity (Wildman–Crippen MR) is 67.0 cm³/mol. The minimum Gasteiger partial charge on any atom is -0.465 e. The number of rotatable bonds is 3. The molecule has 0 aromatic carbocycles. The van der Waals surface area contributed by atoms with Crippen molar-refractivity contribution in [3.05, 3.63) is 28.7 Å². The van der Waals surface area contributed by atoms with Crippen molar-refractivity contribution in [1.82, 2.24) is 20.2 Å². The number of nitrogens with one attached hydrogen (secondary N) is 2. The summed E-state index contributed by atoms with van der Waals surface area (Å²) in [7, 11) is 0. The van der Waals surface area contributed by atoms with Gasteiger partial charge in [0.05, 0.1) is 6.04 Å². The van der Waals surface area contributed by atoms with Gasteiger partial charge in [-0.2, -0.15) is 0 Å². The van der Waals surface area contributed by atoms with Crippen LogP contribution in [0.3, 0.4) is 0 Å². The van der Waals surface area contributed by atoms with E-state index in [0.717, 1.165) is 4.90 Å². The van der Waals surface area contributed by atoms with E-state index in [1.54, 1.807) is 0 Å². The highest BCUT2D eigenvalue weighted by Gasteiger charge is 2.32. The number of nitrogens with zero attached hydrogens (tertiary/aromatic N) is 5. The van der Waals surface area contributed by atoms with Crippen molar-refractivity contribution < 1.29 is 14.7 Å². The number of azide groups is 1. The molecular formula is C10H13N7O3. The van der Waals surface area contributed by atoms with Gasteiger partial charge in [0, 0.05) is 36.4 Å². The maximum Gasteiger partial charge on any atom is 0.407 e. The third-order valence-corrected chi connectivity index (χ3v) is 3.08. The van der Waals surface area contributed by atoms with E-state index in [9.17, 15) is 9.59 Å². The third-order valence-electron chi connectivity index (χ3n) is 3.08. The molecule has 1 aliphatic heterocycles. The molecule has 20 heavy (non-hydrogen) atoms. The first-order valence-corrected chi connectivity index (χ1v) is 5.94.